The van der Waals surface area contributed by atoms with E-state index in [1.165, 1.54) is 31.1 Å². The molecule has 3 atom stereocenters. The minimum absolute atomic E-state index is 0.219. The predicted molar refractivity (Wildman–Crippen MR) is 105 cm³/mol. The van der Waals surface area contributed by atoms with E-state index in [1.54, 1.807) is 6.92 Å². The monoisotopic (exact) mass is 426 g/mol. The van der Waals surface area contributed by atoms with Crippen LogP contribution < -0.4 is 16.0 Å². The lowest BCUT2D eigenvalue weighted by Gasteiger charge is -2.23. The highest BCUT2D eigenvalue weighted by Crippen LogP contribution is 2.15. The molecule has 11 heteroatoms. The fourth-order valence-corrected chi connectivity index (χ4v) is 2.65. The van der Waals surface area contributed by atoms with Crippen LogP contribution in [0.15, 0.2) is 24.3 Å². The lowest BCUT2D eigenvalue weighted by atomic mass is 10.0. The summed E-state index contributed by atoms with van der Waals surface area (Å²) in [6, 6.07) is 2.89. The van der Waals surface area contributed by atoms with Gasteiger partial charge in [0.15, 0.2) is 6.10 Å². The highest BCUT2D eigenvalue weighted by Gasteiger charge is 2.28. The molecule has 5 N–H and O–H groups in total. The van der Waals surface area contributed by atoms with Crippen molar-refractivity contribution < 1.29 is 33.8 Å². The second kappa shape index (κ2) is 11.7. The molecular formula is C19H27FN4O6. The molecule has 0 aliphatic heterocycles. The number of carboxylic acid groups (broad SMARTS) is 1. The van der Waals surface area contributed by atoms with Gasteiger partial charge in [-0.3, -0.25) is 14.4 Å². The van der Waals surface area contributed by atoms with Crippen molar-refractivity contribution in [2.24, 2.45) is 0 Å². The van der Waals surface area contributed by atoms with E-state index in [0.29, 0.717) is 12.0 Å². The Labute approximate surface area is 173 Å². The van der Waals surface area contributed by atoms with Crippen LogP contribution in [0.2, 0.25) is 0 Å². The summed E-state index contributed by atoms with van der Waals surface area (Å²) in [5, 5.41) is 25.6. The summed E-state index contributed by atoms with van der Waals surface area (Å²) < 4.78 is 13.2. The molecule has 0 radical (unpaired) electrons. The van der Waals surface area contributed by atoms with Crippen LogP contribution in [0.4, 0.5) is 9.18 Å². The van der Waals surface area contributed by atoms with Crippen LogP contribution in [0.5, 0.6) is 0 Å². The summed E-state index contributed by atoms with van der Waals surface area (Å²) in [5.41, 5.74) is 0.350. The number of nitrogens with zero attached hydrogens (tertiary/aromatic N) is 1. The van der Waals surface area contributed by atoms with Gasteiger partial charge < -0.3 is 31.1 Å². The number of benzene rings is 1. The third kappa shape index (κ3) is 7.66. The number of likely N-dealkylation sites (N-methyl/N-ethyl adjacent to an activating group) is 1. The summed E-state index contributed by atoms with van der Waals surface area (Å²) in [5.74, 6) is -2.62. The minimum Gasteiger partial charge on any atom is -0.465 e. The zero-order valence-corrected chi connectivity index (χ0v) is 17.0. The molecule has 0 bridgehead atoms. The Kier molecular flexibility index (Phi) is 9.69. The second-order valence-electron chi connectivity index (χ2n) is 6.79. The normalized spacial score (nSPS) is 13.5. The first-order chi connectivity index (χ1) is 14.1. The van der Waals surface area contributed by atoms with E-state index >= 15 is 0 Å². The van der Waals surface area contributed by atoms with Gasteiger partial charge in [0.2, 0.25) is 11.8 Å². The number of hydrogen-bond acceptors (Lipinski definition) is 5. The maximum atomic E-state index is 13.2. The average molecular weight is 426 g/mol. The molecule has 166 valence electrons. The number of aliphatic hydroxyl groups excluding tert-OH is 1. The lowest BCUT2D eigenvalue weighted by molar-refractivity contribution is -0.135. The zero-order valence-electron chi connectivity index (χ0n) is 17.0. The van der Waals surface area contributed by atoms with Crippen molar-refractivity contribution in [3.63, 3.8) is 0 Å². The van der Waals surface area contributed by atoms with Crippen LogP contribution in [0.1, 0.15) is 31.4 Å². The van der Waals surface area contributed by atoms with Crippen LogP contribution in [0.3, 0.4) is 0 Å². The number of carbonyl (C=O) groups excluding carboxylic acids is 3. The Morgan fingerprint density at radius 3 is 2.20 bits per heavy atom. The zero-order chi connectivity index (χ0) is 22.8. The van der Waals surface area contributed by atoms with Crippen molar-refractivity contribution in [3.05, 3.63) is 35.6 Å². The molecule has 0 aliphatic rings. The van der Waals surface area contributed by atoms with E-state index in [-0.39, 0.29) is 6.42 Å². The quantitative estimate of drug-likeness (QED) is 0.355. The van der Waals surface area contributed by atoms with Gasteiger partial charge in [-0.05, 0) is 24.1 Å². The number of nitrogens with one attached hydrogen (secondary N) is 3. The van der Waals surface area contributed by atoms with Gasteiger partial charge in [-0.2, -0.15) is 0 Å². The Balaban J connectivity index is 2.76. The Morgan fingerprint density at radius 2 is 1.70 bits per heavy atom. The molecule has 0 spiro atoms. The first-order valence-electron chi connectivity index (χ1n) is 9.28. The van der Waals surface area contributed by atoms with Crippen molar-refractivity contribution in [2.45, 2.75) is 38.0 Å². The van der Waals surface area contributed by atoms with Gasteiger partial charge in [-0.1, -0.05) is 25.5 Å². The van der Waals surface area contributed by atoms with Crippen molar-refractivity contribution in [1.82, 2.24) is 20.9 Å². The number of aliphatic hydroxyl groups is 1. The van der Waals surface area contributed by atoms with Gasteiger partial charge in [0, 0.05) is 14.1 Å². The first kappa shape index (κ1) is 24.8. The molecule has 0 aromatic heterocycles. The molecule has 4 amide bonds. The van der Waals surface area contributed by atoms with Crippen molar-refractivity contribution in [1.29, 1.82) is 0 Å². The fraction of sp³-hybridized carbons (Fsp3) is 0.474. The first-order valence-corrected chi connectivity index (χ1v) is 9.28. The smallest absolute Gasteiger partial charge is 0.404 e. The van der Waals surface area contributed by atoms with Crippen LogP contribution in [-0.2, 0) is 14.4 Å². The number of amides is 4. The van der Waals surface area contributed by atoms with E-state index in [9.17, 15) is 28.7 Å². The lowest BCUT2D eigenvalue weighted by Crippen LogP contribution is -2.52. The molecule has 1 rings (SSSR count). The summed E-state index contributed by atoms with van der Waals surface area (Å²) in [4.78, 5) is 48.8. The summed E-state index contributed by atoms with van der Waals surface area (Å²) in [7, 11) is 2.99. The van der Waals surface area contributed by atoms with E-state index in [2.05, 4.69) is 16.0 Å². The van der Waals surface area contributed by atoms with Crippen LogP contribution in [0.25, 0.3) is 0 Å². The van der Waals surface area contributed by atoms with Gasteiger partial charge in [0.1, 0.15) is 11.9 Å². The van der Waals surface area contributed by atoms with Gasteiger partial charge in [-0.15, -0.1) is 0 Å². The van der Waals surface area contributed by atoms with Gasteiger partial charge in [-0.25, -0.2) is 9.18 Å². The van der Waals surface area contributed by atoms with Gasteiger partial charge in [0.05, 0.1) is 12.6 Å². The number of halogens is 1. The molecule has 1 aromatic rings. The average Bonchev–Trinajstić information content (AvgIpc) is 2.69. The summed E-state index contributed by atoms with van der Waals surface area (Å²) in [6.07, 6.45) is -2.34. The molecule has 30 heavy (non-hydrogen) atoms. The van der Waals surface area contributed by atoms with E-state index < -0.39 is 54.4 Å². The second-order valence-corrected chi connectivity index (χ2v) is 6.79. The number of hydrogen-bond donors (Lipinski definition) is 5. The van der Waals surface area contributed by atoms with Crippen LogP contribution in [-0.4, -0.2) is 71.7 Å². The van der Waals surface area contributed by atoms with Crippen molar-refractivity contribution in [3.8, 4) is 0 Å². The Morgan fingerprint density at radius 1 is 1.10 bits per heavy atom. The third-order valence-electron chi connectivity index (χ3n) is 4.18. The standard InChI is InChI=1S/C19H27FN4O6/c1-4-5-13(22-19(29)30)16(26)17(27)21-10-14(25)23-15(18(28)24(2)3)11-6-8-12(20)9-7-11/h6-9,13,15-16,22,26H,4-5,10H2,1-3H3,(H,21,27)(H,23,25)(H,29,30). The fourth-order valence-electron chi connectivity index (χ4n) is 2.65. The van der Waals surface area contributed by atoms with Gasteiger partial charge in [0.25, 0.3) is 5.91 Å². The SMILES string of the molecule is CCCC(NC(=O)O)C(O)C(=O)NCC(=O)NC(C(=O)N(C)C)c1ccc(F)cc1. The number of carbonyl (C=O) groups is 4. The summed E-state index contributed by atoms with van der Waals surface area (Å²) >= 11 is 0. The Hall–Kier alpha value is -3.21. The molecular weight excluding hydrogens is 399 g/mol. The molecule has 10 nitrogen and oxygen atoms in total. The van der Waals surface area contributed by atoms with E-state index in [4.69, 9.17) is 5.11 Å². The molecule has 0 saturated heterocycles. The molecule has 0 fully saturated rings. The van der Waals surface area contributed by atoms with E-state index in [1.807, 2.05) is 0 Å². The van der Waals surface area contributed by atoms with Crippen LogP contribution >= 0.6 is 0 Å². The third-order valence-corrected chi connectivity index (χ3v) is 4.18. The van der Waals surface area contributed by atoms with E-state index in [0.717, 1.165) is 12.1 Å². The Bertz CT molecular complexity index is 756. The number of rotatable bonds is 10. The van der Waals surface area contributed by atoms with Crippen LogP contribution in [0, 0.1) is 5.82 Å². The largest absolute Gasteiger partial charge is 0.465 e. The maximum absolute atomic E-state index is 13.2. The van der Waals surface area contributed by atoms with Crippen molar-refractivity contribution in [2.75, 3.05) is 20.6 Å². The maximum Gasteiger partial charge on any atom is 0.404 e. The molecule has 0 heterocycles. The summed E-state index contributed by atoms with van der Waals surface area (Å²) in [6.45, 7) is 1.20. The predicted octanol–water partition coefficient (Wildman–Crippen LogP) is -0.0154. The highest BCUT2D eigenvalue weighted by atomic mass is 19.1. The molecule has 0 aliphatic carbocycles. The highest BCUT2D eigenvalue weighted by molar-refractivity contribution is 5.91. The van der Waals surface area contributed by atoms with Crippen molar-refractivity contribution >= 4 is 23.8 Å². The van der Waals surface area contributed by atoms with Gasteiger partial charge >= 0.3 is 6.09 Å². The molecule has 1 aromatic carbocycles. The molecule has 3 unspecified atom stereocenters. The topological polar surface area (TPSA) is 148 Å². The minimum atomic E-state index is -1.69. The molecule has 0 saturated carbocycles.